The van der Waals surface area contributed by atoms with Crippen molar-refractivity contribution >= 4 is 27.3 Å². The number of ether oxygens (including phenoxy) is 1. The van der Waals surface area contributed by atoms with Crippen LogP contribution in [0.15, 0.2) is 78.9 Å². The van der Waals surface area contributed by atoms with E-state index >= 15 is 0 Å². The molecule has 1 amide bonds. The Kier molecular flexibility index (Phi) is 7.25. The number of nitrogens with one attached hydrogen (secondary N) is 1. The minimum absolute atomic E-state index is 0.0973. The zero-order chi connectivity index (χ0) is 22.3. The predicted octanol–water partition coefficient (Wildman–Crippen LogP) is 4.80. The van der Waals surface area contributed by atoms with E-state index in [1.165, 1.54) is 24.3 Å². The van der Waals surface area contributed by atoms with E-state index in [1.807, 2.05) is 30.3 Å². The monoisotopic (exact) mass is 442 g/mol. The van der Waals surface area contributed by atoms with Crippen molar-refractivity contribution in [3.05, 3.63) is 84.7 Å². The molecule has 3 rings (SSSR count). The average Bonchev–Trinajstić information content (AvgIpc) is 2.73. The number of hydrogen-bond acceptors (Lipinski definition) is 4. The van der Waals surface area contributed by atoms with Crippen molar-refractivity contribution in [2.45, 2.75) is 12.8 Å². The lowest BCUT2D eigenvalue weighted by Crippen LogP contribution is -2.31. The molecule has 0 saturated carbocycles. The van der Waals surface area contributed by atoms with E-state index in [4.69, 9.17) is 4.74 Å². The molecule has 0 aliphatic carbocycles. The highest BCUT2D eigenvalue weighted by atomic mass is 32.2. The highest BCUT2D eigenvalue weighted by Gasteiger charge is 2.18. The standard InChI is InChI=1S/C23H23FN2O4S/c1-31(28,29)26(19-15-13-18(24)14-16-19)17-7-12-23(27)25-21-10-5-6-11-22(21)30-20-8-3-2-4-9-20/h2-6,8-11,13-16H,7,12,17H2,1H3,(H,25,27). The van der Waals surface area contributed by atoms with Crippen LogP contribution in [0.2, 0.25) is 0 Å². The van der Waals surface area contributed by atoms with Crippen LogP contribution < -0.4 is 14.4 Å². The Bertz CT molecular complexity index is 1120. The molecule has 8 heteroatoms. The van der Waals surface area contributed by atoms with Gasteiger partial charge in [0.25, 0.3) is 0 Å². The van der Waals surface area contributed by atoms with Gasteiger partial charge in [0, 0.05) is 13.0 Å². The molecule has 0 atom stereocenters. The lowest BCUT2D eigenvalue weighted by atomic mass is 10.2. The van der Waals surface area contributed by atoms with Gasteiger partial charge in [-0.1, -0.05) is 30.3 Å². The summed E-state index contributed by atoms with van der Waals surface area (Å²) in [6.45, 7) is 0.0973. The molecule has 0 saturated heterocycles. The maximum Gasteiger partial charge on any atom is 0.232 e. The van der Waals surface area contributed by atoms with Gasteiger partial charge in [-0.05, 0) is 55.0 Å². The molecular formula is C23H23FN2O4S. The summed E-state index contributed by atoms with van der Waals surface area (Å²) >= 11 is 0. The fourth-order valence-corrected chi connectivity index (χ4v) is 3.93. The number of halogens is 1. The van der Waals surface area contributed by atoms with E-state index in [2.05, 4.69) is 5.32 Å². The summed E-state index contributed by atoms with van der Waals surface area (Å²) < 4.78 is 44.4. The molecule has 0 unspecified atom stereocenters. The Morgan fingerprint density at radius 1 is 0.968 bits per heavy atom. The summed E-state index contributed by atoms with van der Waals surface area (Å²) in [6, 6.07) is 21.5. The number of carbonyl (C=O) groups is 1. The number of anilines is 2. The van der Waals surface area contributed by atoms with Crippen molar-refractivity contribution in [2.75, 3.05) is 22.4 Å². The third-order valence-corrected chi connectivity index (χ3v) is 5.61. The van der Waals surface area contributed by atoms with E-state index in [0.717, 1.165) is 10.6 Å². The zero-order valence-corrected chi connectivity index (χ0v) is 17.8. The molecule has 1 N–H and O–H groups in total. The van der Waals surface area contributed by atoms with Crippen LogP contribution in [0.25, 0.3) is 0 Å². The van der Waals surface area contributed by atoms with E-state index in [9.17, 15) is 17.6 Å². The van der Waals surface area contributed by atoms with Crippen LogP contribution in [0.3, 0.4) is 0 Å². The molecule has 0 aromatic heterocycles. The minimum Gasteiger partial charge on any atom is -0.455 e. The third kappa shape index (κ3) is 6.55. The third-order valence-electron chi connectivity index (χ3n) is 4.41. The average molecular weight is 443 g/mol. The van der Waals surface area contributed by atoms with Gasteiger partial charge >= 0.3 is 0 Å². The first-order chi connectivity index (χ1) is 14.8. The molecule has 6 nitrogen and oxygen atoms in total. The molecule has 31 heavy (non-hydrogen) atoms. The van der Waals surface area contributed by atoms with Gasteiger partial charge in [-0.25, -0.2) is 12.8 Å². The fraction of sp³-hybridized carbons (Fsp3) is 0.174. The number of rotatable bonds is 9. The fourth-order valence-electron chi connectivity index (χ4n) is 2.96. The maximum atomic E-state index is 13.2. The summed E-state index contributed by atoms with van der Waals surface area (Å²) in [5.74, 6) is 0.433. The Hall–Kier alpha value is -3.39. The van der Waals surface area contributed by atoms with E-state index in [1.54, 1.807) is 24.3 Å². The van der Waals surface area contributed by atoms with Crippen molar-refractivity contribution in [3.8, 4) is 11.5 Å². The molecule has 3 aromatic rings. The molecular weight excluding hydrogens is 419 g/mol. The normalized spacial score (nSPS) is 11.0. The molecule has 3 aromatic carbocycles. The summed E-state index contributed by atoms with van der Waals surface area (Å²) in [4.78, 5) is 12.4. The van der Waals surface area contributed by atoms with Crippen molar-refractivity contribution in [3.63, 3.8) is 0 Å². The van der Waals surface area contributed by atoms with Gasteiger partial charge in [-0.3, -0.25) is 9.10 Å². The van der Waals surface area contributed by atoms with Gasteiger partial charge in [0.15, 0.2) is 5.75 Å². The molecule has 0 heterocycles. The number of sulfonamides is 1. The second kappa shape index (κ2) is 10.1. The van der Waals surface area contributed by atoms with Crippen LogP contribution in [0.5, 0.6) is 11.5 Å². The number of amides is 1. The number of hydrogen-bond donors (Lipinski definition) is 1. The lowest BCUT2D eigenvalue weighted by Gasteiger charge is -2.22. The topological polar surface area (TPSA) is 75.7 Å². The minimum atomic E-state index is -3.57. The van der Waals surface area contributed by atoms with Crippen molar-refractivity contribution < 1.29 is 22.3 Å². The molecule has 0 radical (unpaired) electrons. The van der Waals surface area contributed by atoms with Crippen LogP contribution in [0.1, 0.15) is 12.8 Å². The van der Waals surface area contributed by atoms with Crippen LogP contribution in [-0.2, 0) is 14.8 Å². The number of para-hydroxylation sites is 3. The molecule has 0 bridgehead atoms. The van der Waals surface area contributed by atoms with Gasteiger partial charge in [-0.2, -0.15) is 0 Å². The summed E-state index contributed by atoms with van der Waals surface area (Å²) in [5.41, 5.74) is 0.876. The van der Waals surface area contributed by atoms with Gasteiger partial charge in [-0.15, -0.1) is 0 Å². The number of benzene rings is 3. The lowest BCUT2D eigenvalue weighted by molar-refractivity contribution is -0.116. The molecule has 0 aliphatic rings. The number of carbonyl (C=O) groups excluding carboxylic acids is 1. The van der Waals surface area contributed by atoms with E-state index in [-0.39, 0.29) is 25.3 Å². The van der Waals surface area contributed by atoms with Gasteiger partial charge in [0.05, 0.1) is 17.6 Å². The SMILES string of the molecule is CS(=O)(=O)N(CCCC(=O)Nc1ccccc1Oc1ccccc1)c1ccc(F)cc1. The Morgan fingerprint density at radius 2 is 1.61 bits per heavy atom. The molecule has 0 fully saturated rings. The van der Waals surface area contributed by atoms with Crippen LogP contribution in [0, 0.1) is 5.82 Å². The first kappa shape index (κ1) is 22.3. The van der Waals surface area contributed by atoms with E-state index < -0.39 is 15.8 Å². The number of nitrogens with zero attached hydrogens (tertiary/aromatic N) is 1. The van der Waals surface area contributed by atoms with Gasteiger partial charge in [0.2, 0.25) is 15.9 Å². The Labute approximate surface area is 181 Å². The molecule has 162 valence electrons. The highest BCUT2D eigenvalue weighted by Crippen LogP contribution is 2.29. The van der Waals surface area contributed by atoms with Crippen molar-refractivity contribution in [2.24, 2.45) is 0 Å². The van der Waals surface area contributed by atoms with E-state index in [0.29, 0.717) is 22.9 Å². The summed E-state index contributed by atoms with van der Waals surface area (Å²) in [7, 11) is -3.57. The van der Waals surface area contributed by atoms with Gasteiger partial charge < -0.3 is 10.1 Å². The molecule has 0 aliphatic heterocycles. The highest BCUT2D eigenvalue weighted by molar-refractivity contribution is 7.92. The predicted molar refractivity (Wildman–Crippen MR) is 119 cm³/mol. The quantitative estimate of drug-likeness (QED) is 0.516. The largest absolute Gasteiger partial charge is 0.455 e. The first-order valence-electron chi connectivity index (χ1n) is 9.68. The Morgan fingerprint density at radius 3 is 2.29 bits per heavy atom. The summed E-state index contributed by atoms with van der Waals surface area (Å²) in [5, 5.41) is 2.81. The summed E-state index contributed by atoms with van der Waals surface area (Å²) in [6.07, 6.45) is 1.47. The first-order valence-corrected chi connectivity index (χ1v) is 11.5. The molecule has 0 spiro atoms. The zero-order valence-electron chi connectivity index (χ0n) is 17.0. The maximum absolute atomic E-state index is 13.2. The Balaban J connectivity index is 1.60. The van der Waals surface area contributed by atoms with Crippen molar-refractivity contribution in [1.29, 1.82) is 0 Å². The van der Waals surface area contributed by atoms with Crippen LogP contribution >= 0.6 is 0 Å². The second-order valence-corrected chi connectivity index (χ2v) is 8.78. The second-order valence-electron chi connectivity index (χ2n) is 6.87. The van der Waals surface area contributed by atoms with Gasteiger partial charge in [0.1, 0.15) is 11.6 Å². The van der Waals surface area contributed by atoms with Crippen molar-refractivity contribution in [1.82, 2.24) is 0 Å². The van der Waals surface area contributed by atoms with Crippen LogP contribution in [0.4, 0.5) is 15.8 Å². The smallest absolute Gasteiger partial charge is 0.232 e. The van der Waals surface area contributed by atoms with Crippen LogP contribution in [-0.4, -0.2) is 27.1 Å².